The molecule has 2 N–H and O–H groups in total. The summed E-state index contributed by atoms with van der Waals surface area (Å²) in [5.41, 5.74) is 0.430. The zero-order valence-corrected chi connectivity index (χ0v) is 18.5. The lowest BCUT2D eigenvalue weighted by Crippen LogP contribution is -2.40. The van der Waals surface area contributed by atoms with Crippen molar-refractivity contribution in [1.29, 1.82) is 0 Å². The largest absolute Gasteiger partial charge is 0.477 e. The van der Waals surface area contributed by atoms with E-state index in [-0.39, 0.29) is 12.3 Å². The molecular weight excluding hydrogens is 356 g/mol. The molecule has 5 nitrogen and oxygen atoms in total. The van der Waals surface area contributed by atoms with Crippen LogP contribution in [0.5, 0.6) is 0 Å². The molecule has 0 aliphatic heterocycles. The number of aliphatic carboxylic acids is 1. The second kappa shape index (κ2) is 11.9. The van der Waals surface area contributed by atoms with Gasteiger partial charge in [0.1, 0.15) is 5.78 Å². The maximum Gasteiger partial charge on any atom is 0.364 e. The van der Waals surface area contributed by atoms with Crippen LogP contribution in [0.1, 0.15) is 104 Å². The van der Waals surface area contributed by atoms with Gasteiger partial charge >= 0.3 is 5.97 Å². The minimum absolute atomic E-state index is 0.0778. The molecule has 0 spiro atoms. The van der Waals surface area contributed by atoms with E-state index in [0.717, 1.165) is 38.5 Å². The van der Waals surface area contributed by atoms with Crippen LogP contribution in [0.3, 0.4) is 0 Å². The minimum atomic E-state index is -2.09. The van der Waals surface area contributed by atoms with Crippen LogP contribution in [-0.2, 0) is 14.3 Å². The van der Waals surface area contributed by atoms with E-state index in [9.17, 15) is 14.7 Å². The van der Waals surface area contributed by atoms with Gasteiger partial charge in [0.15, 0.2) is 0 Å². The molecule has 0 bridgehead atoms. The summed E-state index contributed by atoms with van der Waals surface area (Å²) >= 11 is 0. The molecule has 0 aromatic heterocycles. The number of carboxylic acids is 1. The van der Waals surface area contributed by atoms with Crippen LogP contribution in [0.4, 0.5) is 0 Å². The minimum Gasteiger partial charge on any atom is -0.477 e. The lowest BCUT2D eigenvalue weighted by molar-refractivity contribution is -0.216. The highest BCUT2D eigenvalue weighted by atomic mass is 16.6. The van der Waals surface area contributed by atoms with E-state index in [4.69, 9.17) is 9.84 Å². The van der Waals surface area contributed by atoms with Crippen molar-refractivity contribution in [2.45, 2.75) is 110 Å². The standard InChI is InChI=1S/C23H42O5/c1-5-15-22(2,3)16-10-8-11-18-13-14-20(24)19(18)12-7-6-9-17-23(27,28-4)21(25)26/h18-19,27H,5-17H2,1-4H3,(H,25,26)/t18-,19+,23?/m0/s1. The van der Waals surface area contributed by atoms with E-state index in [0.29, 0.717) is 23.5 Å². The molecule has 1 aliphatic carbocycles. The second-order valence-electron chi connectivity index (χ2n) is 9.42. The summed E-state index contributed by atoms with van der Waals surface area (Å²) in [4.78, 5) is 23.3. The van der Waals surface area contributed by atoms with Gasteiger partial charge in [-0.25, -0.2) is 4.79 Å². The summed E-state index contributed by atoms with van der Waals surface area (Å²) < 4.78 is 4.71. The Labute approximate surface area is 171 Å². The van der Waals surface area contributed by atoms with Crippen molar-refractivity contribution in [2.24, 2.45) is 17.3 Å². The third-order valence-electron chi connectivity index (χ3n) is 6.55. The highest BCUT2D eigenvalue weighted by Gasteiger charge is 2.36. The number of hydrogen-bond acceptors (Lipinski definition) is 4. The molecule has 1 fully saturated rings. The van der Waals surface area contributed by atoms with E-state index < -0.39 is 11.8 Å². The van der Waals surface area contributed by atoms with Crippen LogP contribution in [-0.4, -0.2) is 34.9 Å². The highest BCUT2D eigenvalue weighted by Crippen LogP contribution is 2.37. The zero-order valence-electron chi connectivity index (χ0n) is 18.5. The van der Waals surface area contributed by atoms with E-state index in [2.05, 4.69) is 20.8 Å². The molecule has 28 heavy (non-hydrogen) atoms. The smallest absolute Gasteiger partial charge is 0.364 e. The average molecular weight is 399 g/mol. The predicted molar refractivity (Wildman–Crippen MR) is 111 cm³/mol. The van der Waals surface area contributed by atoms with Crippen LogP contribution in [0.15, 0.2) is 0 Å². The van der Waals surface area contributed by atoms with Crippen molar-refractivity contribution in [3.63, 3.8) is 0 Å². The third kappa shape index (κ3) is 8.20. The van der Waals surface area contributed by atoms with Gasteiger partial charge in [-0.15, -0.1) is 0 Å². The van der Waals surface area contributed by atoms with E-state index >= 15 is 0 Å². The van der Waals surface area contributed by atoms with E-state index in [1.165, 1.54) is 39.2 Å². The first-order valence-electron chi connectivity index (χ1n) is 11.2. The maximum absolute atomic E-state index is 12.3. The Bertz CT molecular complexity index is 487. The number of Topliss-reactive ketones (excluding diaryl/α,β-unsaturated/α-hetero) is 1. The van der Waals surface area contributed by atoms with Crippen LogP contribution in [0.25, 0.3) is 0 Å². The first-order valence-corrected chi connectivity index (χ1v) is 11.2. The van der Waals surface area contributed by atoms with Gasteiger partial charge in [0, 0.05) is 25.9 Å². The fourth-order valence-electron chi connectivity index (χ4n) is 4.73. The molecule has 164 valence electrons. The zero-order chi connectivity index (χ0) is 21.2. The Morgan fingerprint density at radius 1 is 1.07 bits per heavy atom. The van der Waals surface area contributed by atoms with Crippen LogP contribution in [0.2, 0.25) is 0 Å². The number of carboxylic acid groups (broad SMARTS) is 1. The van der Waals surface area contributed by atoms with E-state index in [1.54, 1.807) is 0 Å². The topological polar surface area (TPSA) is 83.8 Å². The van der Waals surface area contributed by atoms with Crippen LogP contribution >= 0.6 is 0 Å². The molecule has 1 aliphatic rings. The summed E-state index contributed by atoms with van der Waals surface area (Å²) in [6.07, 6.45) is 12.4. The van der Waals surface area contributed by atoms with Gasteiger partial charge < -0.3 is 14.9 Å². The highest BCUT2D eigenvalue weighted by molar-refractivity contribution is 5.83. The van der Waals surface area contributed by atoms with Gasteiger partial charge in [-0.1, -0.05) is 52.9 Å². The number of rotatable bonds is 15. The van der Waals surface area contributed by atoms with Gasteiger partial charge in [-0.05, 0) is 49.9 Å². The fourth-order valence-corrected chi connectivity index (χ4v) is 4.73. The molecule has 1 unspecified atom stereocenters. The summed E-state index contributed by atoms with van der Waals surface area (Å²) in [5, 5.41) is 18.8. The van der Waals surface area contributed by atoms with Crippen molar-refractivity contribution in [3.8, 4) is 0 Å². The van der Waals surface area contributed by atoms with Crippen molar-refractivity contribution >= 4 is 11.8 Å². The number of unbranched alkanes of at least 4 members (excludes halogenated alkanes) is 3. The molecule has 0 amide bonds. The first kappa shape index (κ1) is 25.1. The molecule has 0 aromatic rings. The lowest BCUT2D eigenvalue weighted by Gasteiger charge is -2.24. The third-order valence-corrected chi connectivity index (χ3v) is 6.55. The molecule has 0 aromatic carbocycles. The predicted octanol–water partition coefficient (Wildman–Crippen LogP) is 5.34. The van der Waals surface area contributed by atoms with Gasteiger partial charge in [-0.3, -0.25) is 4.79 Å². The normalized spacial score (nSPS) is 22.4. The molecule has 1 rings (SSSR count). The second-order valence-corrected chi connectivity index (χ2v) is 9.42. The first-order chi connectivity index (χ1) is 13.1. The number of aliphatic hydroxyl groups is 1. The molecular formula is C23H42O5. The SMILES string of the molecule is CCCC(C)(C)CCCC[C@H]1CCC(=O)[C@@H]1CCCCCC(O)(OC)C(=O)O. The number of hydrogen-bond donors (Lipinski definition) is 2. The Hall–Kier alpha value is -0.940. The fraction of sp³-hybridized carbons (Fsp3) is 0.913. The lowest BCUT2D eigenvalue weighted by atomic mass is 9.81. The Morgan fingerprint density at radius 2 is 1.71 bits per heavy atom. The van der Waals surface area contributed by atoms with E-state index in [1.807, 2.05) is 0 Å². The van der Waals surface area contributed by atoms with Crippen LogP contribution in [0, 0.1) is 17.3 Å². The number of carbonyl (C=O) groups excluding carboxylic acids is 1. The van der Waals surface area contributed by atoms with Gasteiger partial charge in [0.05, 0.1) is 0 Å². The van der Waals surface area contributed by atoms with Gasteiger partial charge in [0.25, 0.3) is 5.79 Å². The number of ether oxygens (including phenoxy) is 1. The molecule has 1 saturated carbocycles. The molecule has 0 radical (unpaired) electrons. The quantitative estimate of drug-likeness (QED) is 0.287. The Balaban J connectivity index is 2.29. The van der Waals surface area contributed by atoms with Crippen molar-refractivity contribution in [3.05, 3.63) is 0 Å². The average Bonchev–Trinajstić information content (AvgIpc) is 2.98. The van der Waals surface area contributed by atoms with Gasteiger partial charge in [0.2, 0.25) is 0 Å². The summed E-state index contributed by atoms with van der Waals surface area (Å²) in [6, 6.07) is 0. The van der Waals surface area contributed by atoms with Crippen molar-refractivity contribution in [1.82, 2.24) is 0 Å². The van der Waals surface area contributed by atoms with Crippen molar-refractivity contribution in [2.75, 3.05) is 7.11 Å². The molecule has 5 heteroatoms. The Morgan fingerprint density at radius 3 is 2.32 bits per heavy atom. The molecule has 0 heterocycles. The summed E-state index contributed by atoms with van der Waals surface area (Å²) in [6.45, 7) is 6.95. The Kier molecular flexibility index (Phi) is 10.7. The summed E-state index contributed by atoms with van der Waals surface area (Å²) in [7, 11) is 1.21. The molecule has 0 saturated heterocycles. The molecule has 3 atom stereocenters. The number of carbonyl (C=O) groups is 2. The summed E-state index contributed by atoms with van der Waals surface area (Å²) in [5.74, 6) is -2.31. The monoisotopic (exact) mass is 398 g/mol. The van der Waals surface area contributed by atoms with Crippen LogP contribution < -0.4 is 0 Å². The van der Waals surface area contributed by atoms with Gasteiger partial charge in [-0.2, -0.15) is 0 Å². The van der Waals surface area contributed by atoms with Crippen molar-refractivity contribution < 1.29 is 24.5 Å². The maximum atomic E-state index is 12.3. The number of methoxy groups -OCH3 is 1. The number of ketones is 1.